The van der Waals surface area contributed by atoms with E-state index in [0.29, 0.717) is 18.1 Å². The van der Waals surface area contributed by atoms with Crippen molar-refractivity contribution in [2.75, 3.05) is 11.9 Å². The van der Waals surface area contributed by atoms with Crippen LogP contribution >= 0.6 is 11.3 Å². The molecule has 0 aliphatic heterocycles. The fourth-order valence-corrected chi connectivity index (χ4v) is 4.01. The molecule has 4 aromatic rings. The van der Waals surface area contributed by atoms with Gasteiger partial charge in [-0.15, -0.1) is 11.3 Å². The molecule has 29 heavy (non-hydrogen) atoms. The Balaban J connectivity index is 1.78. The summed E-state index contributed by atoms with van der Waals surface area (Å²) in [6.45, 7) is 4.50. The van der Waals surface area contributed by atoms with Crippen LogP contribution in [0.25, 0.3) is 21.3 Å². The van der Waals surface area contributed by atoms with Gasteiger partial charge in [-0.1, -0.05) is 18.2 Å². The van der Waals surface area contributed by atoms with Crippen molar-refractivity contribution in [1.29, 1.82) is 0 Å². The van der Waals surface area contributed by atoms with Gasteiger partial charge >= 0.3 is 5.97 Å². The predicted molar refractivity (Wildman–Crippen MR) is 115 cm³/mol. The SMILES string of the molecule is CCOc1ccc(-c2csc3ncnc(Nc4cc(C(=O)O)ccc4C)c23)cc1. The van der Waals surface area contributed by atoms with Crippen LogP contribution in [0, 0.1) is 6.92 Å². The Morgan fingerprint density at radius 1 is 1.17 bits per heavy atom. The van der Waals surface area contributed by atoms with Gasteiger partial charge in [0.15, 0.2) is 0 Å². The van der Waals surface area contributed by atoms with Crippen molar-refractivity contribution >= 4 is 39.0 Å². The summed E-state index contributed by atoms with van der Waals surface area (Å²) in [5.74, 6) is 0.503. The molecule has 146 valence electrons. The number of rotatable bonds is 6. The third-order valence-electron chi connectivity index (χ3n) is 4.58. The molecule has 0 unspecified atom stereocenters. The van der Waals surface area contributed by atoms with E-state index in [9.17, 15) is 9.90 Å². The fourth-order valence-electron chi connectivity index (χ4n) is 3.10. The van der Waals surface area contributed by atoms with Gasteiger partial charge in [0.2, 0.25) is 0 Å². The molecule has 0 spiro atoms. The topological polar surface area (TPSA) is 84.3 Å². The maximum atomic E-state index is 11.3. The Hall–Kier alpha value is -3.45. The first-order valence-electron chi connectivity index (χ1n) is 9.13. The lowest BCUT2D eigenvalue weighted by atomic mass is 10.1. The van der Waals surface area contributed by atoms with Crippen LogP contribution in [-0.4, -0.2) is 27.7 Å². The van der Waals surface area contributed by atoms with Gasteiger partial charge in [-0.2, -0.15) is 0 Å². The van der Waals surface area contributed by atoms with Gasteiger partial charge in [0, 0.05) is 16.6 Å². The Bertz CT molecular complexity index is 1190. The molecule has 0 atom stereocenters. The first kappa shape index (κ1) is 18.9. The lowest BCUT2D eigenvalue weighted by molar-refractivity contribution is 0.0697. The Morgan fingerprint density at radius 3 is 2.69 bits per heavy atom. The van der Waals surface area contributed by atoms with E-state index in [1.807, 2.05) is 38.1 Å². The number of nitrogens with zero attached hydrogens (tertiary/aromatic N) is 2. The number of carboxylic acid groups (broad SMARTS) is 1. The molecule has 4 rings (SSSR count). The van der Waals surface area contributed by atoms with Crippen molar-refractivity contribution in [3.05, 3.63) is 65.3 Å². The van der Waals surface area contributed by atoms with E-state index in [1.54, 1.807) is 29.5 Å². The Morgan fingerprint density at radius 2 is 1.97 bits per heavy atom. The molecular weight excluding hydrogens is 386 g/mol. The molecular formula is C22H19N3O3S. The van der Waals surface area contributed by atoms with Crippen LogP contribution in [0.5, 0.6) is 5.75 Å². The number of hydrogen-bond donors (Lipinski definition) is 2. The van der Waals surface area contributed by atoms with E-state index < -0.39 is 5.97 Å². The minimum absolute atomic E-state index is 0.223. The van der Waals surface area contributed by atoms with Crippen LogP contribution < -0.4 is 10.1 Å². The molecule has 2 aromatic carbocycles. The average Bonchev–Trinajstić information content (AvgIpc) is 3.15. The summed E-state index contributed by atoms with van der Waals surface area (Å²) < 4.78 is 5.53. The highest BCUT2D eigenvalue weighted by Crippen LogP contribution is 2.38. The van der Waals surface area contributed by atoms with Crippen LogP contribution in [0.2, 0.25) is 0 Å². The molecule has 2 aromatic heterocycles. The number of benzene rings is 2. The van der Waals surface area contributed by atoms with Gasteiger partial charge in [-0.25, -0.2) is 14.8 Å². The van der Waals surface area contributed by atoms with Crippen molar-refractivity contribution < 1.29 is 14.6 Å². The quantitative estimate of drug-likeness (QED) is 0.440. The van der Waals surface area contributed by atoms with Gasteiger partial charge in [0.1, 0.15) is 22.7 Å². The molecule has 2 N–H and O–H groups in total. The summed E-state index contributed by atoms with van der Waals surface area (Å²) >= 11 is 1.54. The zero-order valence-corrected chi connectivity index (χ0v) is 16.8. The van der Waals surface area contributed by atoms with Crippen molar-refractivity contribution in [1.82, 2.24) is 9.97 Å². The number of thiophene rings is 1. The smallest absolute Gasteiger partial charge is 0.335 e. The standard InChI is InChI=1S/C22H19N3O3S/c1-3-28-16-8-6-14(7-9-16)17-11-29-21-19(17)20(23-12-24-21)25-18-10-15(22(26)27)5-4-13(18)2/h4-12H,3H2,1-2H3,(H,26,27)(H,23,24,25). The van der Waals surface area contributed by atoms with Gasteiger partial charge < -0.3 is 15.2 Å². The number of aromatic nitrogens is 2. The summed E-state index contributed by atoms with van der Waals surface area (Å²) in [4.78, 5) is 21.0. The molecule has 2 heterocycles. The van der Waals surface area contributed by atoms with E-state index in [1.165, 1.54) is 6.33 Å². The van der Waals surface area contributed by atoms with E-state index in [0.717, 1.165) is 32.7 Å². The molecule has 0 aliphatic rings. The van der Waals surface area contributed by atoms with Crippen molar-refractivity contribution in [2.24, 2.45) is 0 Å². The summed E-state index contributed by atoms with van der Waals surface area (Å²) in [5, 5.41) is 15.6. The lowest BCUT2D eigenvalue weighted by Crippen LogP contribution is -2.01. The molecule has 0 bridgehead atoms. The minimum atomic E-state index is -0.966. The van der Waals surface area contributed by atoms with E-state index in [-0.39, 0.29) is 5.56 Å². The van der Waals surface area contributed by atoms with Gasteiger partial charge in [0.25, 0.3) is 0 Å². The average molecular weight is 405 g/mol. The number of aryl methyl sites for hydroxylation is 1. The van der Waals surface area contributed by atoms with Gasteiger partial charge in [-0.3, -0.25) is 0 Å². The Labute approximate surface area is 171 Å². The Kier molecular flexibility index (Phi) is 5.14. The number of fused-ring (bicyclic) bond motifs is 1. The molecule has 0 saturated heterocycles. The highest BCUT2D eigenvalue weighted by molar-refractivity contribution is 7.17. The highest BCUT2D eigenvalue weighted by atomic mass is 32.1. The predicted octanol–water partition coefficient (Wildman–Crippen LogP) is 5.51. The highest BCUT2D eigenvalue weighted by Gasteiger charge is 2.15. The molecule has 7 heteroatoms. The fraction of sp³-hybridized carbons (Fsp3) is 0.136. The van der Waals surface area contributed by atoms with Crippen LogP contribution in [0.1, 0.15) is 22.8 Å². The second-order valence-corrected chi connectivity index (χ2v) is 7.33. The van der Waals surface area contributed by atoms with Gasteiger partial charge in [-0.05, 0) is 49.2 Å². The van der Waals surface area contributed by atoms with Crippen LogP contribution in [0.15, 0.2) is 54.2 Å². The monoisotopic (exact) mass is 405 g/mol. The first-order valence-corrected chi connectivity index (χ1v) is 10.0. The number of hydrogen-bond acceptors (Lipinski definition) is 6. The summed E-state index contributed by atoms with van der Waals surface area (Å²) in [6, 6.07) is 12.9. The third kappa shape index (κ3) is 3.77. The second-order valence-electron chi connectivity index (χ2n) is 6.47. The summed E-state index contributed by atoms with van der Waals surface area (Å²) in [6.07, 6.45) is 1.51. The number of carboxylic acids is 1. The van der Waals surface area contributed by atoms with Crippen LogP contribution in [0.4, 0.5) is 11.5 Å². The van der Waals surface area contributed by atoms with E-state index in [4.69, 9.17) is 4.74 Å². The third-order valence-corrected chi connectivity index (χ3v) is 5.47. The zero-order chi connectivity index (χ0) is 20.4. The van der Waals surface area contributed by atoms with Crippen molar-refractivity contribution in [3.63, 3.8) is 0 Å². The number of nitrogens with one attached hydrogen (secondary N) is 1. The molecule has 6 nitrogen and oxygen atoms in total. The van der Waals surface area contributed by atoms with E-state index >= 15 is 0 Å². The van der Waals surface area contributed by atoms with E-state index in [2.05, 4.69) is 20.7 Å². The summed E-state index contributed by atoms with van der Waals surface area (Å²) in [5.41, 5.74) is 3.91. The van der Waals surface area contributed by atoms with Crippen LogP contribution in [-0.2, 0) is 0 Å². The minimum Gasteiger partial charge on any atom is -0.494 e. The van der Waals surface area contributed by atoms with Crippen LogP contribution in [0.3, 0.4) is 0 Å². The maximum Gasteiger partial charge on any atom is 0.335 e. The largest absolute Gasteiger partial charge is 0.494 e. The molecule has 0 saturated carbocycles. The normalized spacial score (nSPS) is 10.8. The van der Waals surface area contributed by atoms with Crippen molar-refractivity contribution in [3.8, 4) is 16.9 Å². The number of carbonyl (C=O) groups is 1. The molecule has 0 fully saturated rings. The number of ether oxygens (including phenoxy) is 1. The van der Waals surface area contributed by atoms with Gasteiger partial charge in [0.05, 0.1) is 17.6 Å². The summed E-state index contributed by atoms with van der Waals surface area (Å²) in [7, 11) is 0. The zero-order valence-electron chi connectivity index (χ0n) is 16.0. The molecule has 0 amide bonds. The first-order chi connectivity index (χ1) is 14.1. The maximum absolute atomic E-state index is 11.3. The number of anilines is 2. The molecule has 0 aliphatic carbocycles. The van der Waals surface area contributed by atoms with Crippen molar-refractivity contribution in [2.45, 2.75) is 13.8 Å². The molecule has 0 radical (unpaired) electrons. The number of aromatic carboxylic acids is 1. The lowest BCUT2D eigenvalue weighted by Gasteiger charge is -2.12. The second kappa shape index (κ2) is 7.89.